The number of aromatic hydroxyl groups is 1. The molecule has 2 aromatic carbocycles. The maximum Gasteiger partial charge on any atom is 0.232 e. The third-order valence-electron chi connectivity index (χ3n) is 5.76. The first-order valence-electron chi connectivity index (χ1n) is 10.2. The molecule has 5 heteroatoms. The molecular formula is C24H28N2O3. The topological polar surface area (TPSA) is 53.0 Å². The van der Waals surface area contributed by atoms with Gasteiger partial charge in [-0.25, -0.2) is 0 Å². The van der Waals surface area contributed by atoms with Crippen LogP contribution in [0.25, 0.3) is 6.08 Å². The number of likely N-dealkylation sites (tertiary alicyclic amines) is 1. The largest absolute Gasteiger partial charge is 0.507 e. The van der Waals surface area contributed by atoms with Crippen LogP contribution in [0.3, 0.4) is 0 Å². The van der Waals surface area contributed by atoms with Gasteiger partial charge < -0.3 is 14.7 Å². The Labute approximate surface area is 172 Å². The van der Waals surface area contributed by atoms with E-state index in [1.807, 2.05) is 50.2 Å². The van der Waals surface area contributed by atoms with E-state index in [0.717, 1.165) is 29.9 Å². The van der Waals surface area contributed by atoms with Gasteiger partial charge in [0.15, 0.2) is 5.76 Å². The predicted octanol–water partition coefficient (Wildman–Crippen LogP) is 4.37. The zero-order valence-corrected chi connectivity index (χ0v) is 17.4. The normalized spacial score (nSPS) is 18.0. The molecule has 2 aliphatic heterocycles. The molecule has 29 heavy (non-hydrogen) atoms. The molecule has 0 radical (unpaired) electrons. The van der Waals surface area contributed by atoms with Gasteiger partial charge in [0, 0.05) is 26.3 Å². The highest BCUT2D eigenvalue weighted by atomic mass is 16.5. The van der Waals surface area contributed by atoms with Crippen LogP contribution in [0.15, 0.2) is 36.1 Å². The van der Waals surface area contributed by atoms with E-state index in [1.165, 1.54) is 19.3 Å². The minimum atomic E-state index is -0.117. The number of aryl methyl sites for hydroxylation is 1. The Hall–Kier alpha value is -2.79. The van der Waals surface area contributed by atoms with Gasteiger partial charge in [-0.3, -0.25) is 9.69 Å². The number of nitrogens with zero attached hydrogens (tertiary/aromatic N) is 2. The fourth-order valence-corrected chi connectivity index (χ4v) is 4.09. The lowest BCUT2D eigenvalue weighted by atomic mass is 9.98. The number of phenols is 1. The van der Waals surface area contributed by atoms with Crippen molar-refractivity contribution in [2.45, 2.75) is 32.7 Å². The van der Waals surface area contributed by atoms with Gasteiger partial charge in [-0.1, -0.05) is 18.6 Å². The van der Waals surface area contributed by atoms with Gasteiger partial charge >= 0.3 is 0 Å². The van der Waals surface area contributed by atoms with Crippen LogP contribution in [0.1, 0.15) is 46.3 Å². The maximum atomic E-state index is 13.1. The first-order valence-corrected chi connectivity index (χ1v) is 10.2. The van der Waals surface area contributed by atoms with E-state index in [9.17, 15) is 9.90 Å². The fraction of sp³-hybridized carbons (Fsp3) is 0.375. The number of benzene rings is 2. The molecule has 0 unspecified atom stereocenters. The monoisotopic (exact) mass is 392 g/mol. The first kappa shape index (κ1) is 19.5. The quantitative estimate of drug-likeness (QED) is 0.783. The number of Topliss-reactive ketones (excluding diaryl/α,β-unsaturated/α-hetero) is 1. The third kappa shape index (κ3) is 3.87. The molecule has 2 aliphatic rings. The second kappa shape index (κ2) is 7.91. The SMILES string of the molecule is Cc1cc(O)c(CN2CCCCC2)c2c1C(=O)/C(=C/c1ccc(N(C)C)cc1)O2. The summed E-state index contributed by atoms with van der Waals surface area (Å²) in [6, 6.07) is 9.66. The van der Waals surface area contributed by atoms with E-state index in [2.05, 4.69) is 4.90 Å². The van der Waals surface area contributed by atoms with Crippen molar-refractivity contribution in [2.75, 3.05) is 32.1 Å². The molecule has 1 fully saturated rings. The summed E-state index contributed by atoms with van der Waals surface area (Å²) in [6.07, 6.45) is 5.37. The van der Waals surface area contributed by atoms with Crippen LogP contribution >= 0.6 is 0 Å². The van der Waals surface area contributed by atoms with Crippen LogP contribution in [0.4, 0.5) is 5.69 Å². The summed E-state index contributed by atoms with van der Waals surface area (Å²) < 4.78 is 6.05. The summed E-state index contributed by atoms with van der Waals surface area (Å²) in [5.74, 6) is 0.922. The number of carbonyl (C=O) groups excluding carboxylic acids is 1. The standard InChI is InChI=1S/C24H28N2O3/c1-16-13-20(27)19(15-26-11-5-4-6-12-26)24-22(16)23(28)21(29-24)14-17-7-9-18(10-8-17)25(2)3/h7-10,13-14,27H,4-6,11-12,15H2,1-3H3/b21-14-. The molecule has 0 aliphatic carbocycles. The molecule has 2 heterocycles. The highest BCUT2D eigenvalue weighted by Crippen LogP contribution is 2.42. The average Bonchev–Trinajstić information content (AvgIpc) is 3.03. The van der Waals surface area contributed by atoms with E-state index >= 15 is 0 Å². The van der Waals surface area contributed by atoms with Crippen molar-refractivity contribution in [1.29, 1.82) is 0 Å². The Morgan fingerprint density at radius 1 is 1.14 bits per heavy atom. The zero-order chi connectivity index (χ0) is 20.5. The Bertz CT molecular complexity index is 955. The van der Waals surface area contributed by atoms with Gasteiger partial charge in [-0.05, 0) is 68.3 Å². The van der Waals surface area contributed by atoms with E-state index in [4.69, 9.17) is 4.74 Å². The van der Waals surface area contributed by atoms with Crippen molar-refractivity contribution in [3.63, 3.8) is 0 Å². The van der Waals surface area contributed by atoms with Gasteiger partial charge in [0.25, 0.3) is 0 Å². The van der Waals surface area contributed by atoms with Crippen LogP contribution in [0.2, 0.25) is 0 Å². The van der Waals surface area contributed by atoms with Crippen molar-refractivity contribution >= 4 is 17.5 Å². The molecular weight excluding hydrogens is 364 g/mol. The molecule has 5 nitrogen and oxygen atoms in total. The van der Waals surface area contributed by atoms with Gasteiger partial charge in [0.1, 0.15) is 11.5 Å². The second-order valence-electron chi connectivity index (χ2n) is 8.16. The maximum absolute atomic E-state index is 13.1. The smallest absolute Gasteiger partial charge is 0.232 e. The van der Waals surface area contributed by atoms with Crippen LogP contribution in [0, 0.1) is 6.92 Å². The van der Waals surface area contributed by atoms with Crippen LogP contribution in [0.5, 0.6) is 11.5 Å². The number of piperidine rings is 1. The highest BCUT2D eigenvalue weighted by Gasteiger charge is 2.33. The van der Waals surface area contributed by atoms with Crippen molar-refractivity contribution in [1.82, 2.24) is 4.90 Å². The van der Waals surface area contributed by atoms with Crippen molar-refractivity contribution < 1.29 is 14.6 Å². The van der Waals surface area contributed by atoms with Crippen LogP contribution < -0.4 is 9.64 Å². The molecule has 0 spiro atoms. The molecule has 152 valence electrons. The first-order chi connectivity index (χ1) is 13.9. The highest BCUT2D eigenvalue weighted by molar-refractivity contribution is 6.15. The number of hydrogen-bond acceptors (Lipinski definition) is 5. The van der Waals surface area contributed by atoms with E-state index in [1.54, 1.807) is 12.1 Å². The Balaban J connectivity index is 1.66. The number of hydrogen-bond donors (Lipinski definition) is 1. The summed E-state index contributed by atoms with van der Waals surface area (Å²) in [6.45, 7) is 4.47. The molecule has 0 bridgehead atoms. The van der Waals surface area contributed by atoms with Gasteiger partial charge in [0.05, 0.1) is 11.1 Å². The van der Waals surface area contributed by atoms with E-state index in [-0.39, 0.29) is 11.5 Å². The molecule has 0 saturated carbocycles. The summed E-state index contributed by atoms with van der Waals surface area (Å²) in [7, 11) is 3.99. The number of allylic oxidation sites excluding steroid dienone is 1. The number of fused-ring (bicyclic) bond motifs is 1. The number of ether oxygens (including phenoxy) is 1. The molecule has 1 saturated heterocycles. The van der Waals surface area contributed by atoms with Crippen LogP contribution in [-0.2, 0) is 6.54 Å². The number of phenolic OH excluding ortho intramolecular Hbond substituents is 1. The van der Waals surface area contributed by atoms with Gasteiger partial charge in [-0.2, -0.15) is 0 Å². The Morgan fingerprint density at radius 3 is 2.48 bits per heavy atom. The van der Waals surface area contributed by atoms with Crippen molar-refractivity contribution in [2.24, 2.45) is 0 Å². The third-order valence-corrected chi connectivity index (χ3v) is 5.76. The lowest BCUT2D eigenvalue weighted by Crippen LogP contribution is -2.29. The summed E-state index contributed by atoms with van der Waals surface area (Å²) in [5, 5.41) is 10.6. The molecule has 2 aromatic rings. The zero-order valence-electron chi connectivity index (χ0n) is 17.4. The van der Waals surface area contributed by atoms with Crippen molar-refractivity contribution in [3.8, 4) is 11.5 Å². The lowest BCUT2D eigenvalue weighted by molar-refractivity contribution is 0.101. The van der Waals surface area contributed by atoms with Crippen molar-refractivity contribution in [3.05, 3.63) is 58.3 Å². The summed E-state index contributed by atoms with van der Waals surface area (Å²) >= 11 is 0. The lowest BCUT2D eigenvalue weighted by Gasteiger charge is -2.27. The molecule has 0 aromatic heterocycles. The Morgan fingerprint density at radius 2 is 1.83 bits per heavy atom. The summed E-state index contributed by atoms with van der Waals surface area (Å²) in [5.41, 5.74) is 4.04. The Kier molecular flexibility index (Phi) is 5.33. The predicted molar refractivity (Wildman–Crippen MR) is 116 cm³/mol. The summed E-state index contributed by atoms with van der Waals surface area (Å²) in [4.78, 5) is 17.4. The van der Waals surface area contributed by atoms with E-state index < -0.39 is 0 Å². The molecule has 4 rings (SSSR count). The number of anilines is 1. The molecule has 0 amide bonds. The fourth-order valence-electron chi connectivity index (χ4n) is 4.09. The molecule has 0 atom stereocenters. The number of ketones is 1. The van der Waals surface area contributed by atoms with Gasteiger partial charge in [-0.15, -0.1) is 0 Å². The second-order valence-corrected chi connectivity index (χ2v) is 8.16. The minimum absolute atomic E-state index is 0.117. The minimum Gasteiger partial charge on any atom is -0.507 e. The molecule has 1 N–H and O–H groups in total. The van der Waals surface area contributed by atoms with E-state index in [0.29, 0.717) is 29.2 Å². The van der Waals surface area contributed by atoms with Crippen LogP contribution in [-0.4, -0.2) is 43.0 Å². The van der Waals surface area contributed by atoms with Gasteiger partial charge in [0.2, 0.25) is 5.78 Å². The average molecular weight is 392 g/mol. The number of rotatable bonds is 4. The number of carbonyl (C=O) groups is 1.